The molecule has 2 aromatic carbocycles. The smallest absolute Gasteiger partial charge is 0.323 e. The quantitative estimate of drug-likeness (QED) is 0.604. The molecule has 0 radical (unpaired) electrons. The van der Waals surface area contributed by atoms with Crippen LogP contribution in [0.15, 0.2) is 53.0 Å². The largest absolute Gasteiger partial charge is 0.325 e. The molecule has 29 heavy (non-hydrogen) atoms. The third kappa shape index (κ3) is 4.72. The average Bonchev–Trinajstić information content (AvgIpc) is 2.94. The summed E-state index contributed by atoms with van der Waals surface area (Å²) < 4.78 is 14.6. The number of imide groups is 1. The van der Waals surface area contributed by atoms with Crippen LogP contribution in [0.5, 0.6) is 0 Å². The maximum absolute atomic E-state index is 14.0. The molecule has 0 aromatic heterocycles. The Bertz CT molecular complexity index is 935. The highest BCUT2D eigenvalue weighted by atomic mass is 79.9. The Hall–Kier alpha value is -2.54. The van der Waals surface area contributed by atoms with E-state index in [0.717, 1.165) is 10.5 Å². The summed E-state index contributed by atoms with van der Waals surface area (Å²) in [5, 5.41) is 2.78. The van der Waals surface area contributed by atoms with E-state index in [1.807, 2.05) is 37.3 Å². The van der Waals surface area contributed by atoms with Gasteiger partial charge in [0, 0.05) is 10.9 Å². The number of carbonyl (C=O) groups excluding carboxylic acids is 3. The Kier molecular flexibility index (Phi) is 6.47. The number of Topliss-reactive ketones (excluding diaryl/α,β-unsaturated/α-hetero) is 1. The van der Waals surface area contributed by atoms with Gasteiger partial charge < -0.3 is 5.32 Å². The normalized spacial score (nSPS) is 18.8. The number of halogens is 2. The van der Waals surface area contributed by atoms with E-state index < -0.39 is 29.1 Å². The molecule has 0 saturated carbocycles. The van der Waals surface area contributed by atoms with Crippen molar-refractivity contribution >= 4 is 33.7 Å². The summed E-state index contributed by atoms with van der Waals surface area (Å²) in [6, 6.07) is 13.6. The topological polar surface area (TPSA) is 66.5 Å². The summed E-state index contributed by atoms with van der Waals surface area (Å²) in [5.74, 6) is -1.30. The fourth-order valence-electron chi connectivity index (χ4n) is 3.52. The molecular formula is C22H22BrFN2O3. The molecule has 1 fully saturated rings. The van der Waals surface area contributed by atoms with Crippen molar-refractivity contribution in [2.75, 3.05) is 6.54 Å². The summed E-state index contributed by atoms with van der Waals surface area (Å²) in [6.45, 7) is 1.47. The summed E-state index contributed by atoms with van der Waals surface area (Å²) in [7, 11) is 0. The van der Waals surface area contributed by atoms with Crippen molar-refractivity contribution in [3.8, 4) is 0 Å². The first-order valence-corrected chi connectivity index (χ1v) is 10.3. The number of hydrogen-bond donors (Lipinski definition) is 1. The number of aryl methyl sites for hydroxylation is 1. The maximum Gasteiger partial charge on any atom is 0.325 e. The van der Waals surface area contributed by atoms with Crippen molar-refractivity contribution in [1.29, 1.82) is 0 Å². The summed E-state index contributed by atoms with van der Waals surface area (Å²) in [6.07, 6.45) is 1.33. The molecule has 7 heteroatoms. The van der Waals surface area contributed by atoms with Crippen LogP contribution < -0.4 is 5.32 Å². The Labute approximate surface area is 177 Å². The maximum atomic E-state index is 14.0. The molecule has 0 aliphatic carbocycles. The molecule has 1 heterocycles. The highest BCUT2D eigenvalue weighted by Crippen LogP contribution is 2.27. The standard InChI is InChI=1S/C22H22BrFN2O3/c1-2-22(11-10-15-6-4-3-5-7-15)20(28)26(21(29)25-22)14-18(27)12-16-8-9-17(23)13-19(16)24/h3-9,13H,2,10-12,14H2,1H3,(H,25,29). The van der Waals surface area contributed by atoms with E-state index >= 15 is 0 Å². The van der Waals surface area contributed by atoms with Crippen LogP contribution in [0, 0.1) is 5.82 Å². The van der Waals surface area contributed by atoms with Crippen molar-refractivity contribution in [2.45, 2.75) is 38.1 Å². The van der Waals surface area contributed by atoms with Gasteiger partial charge in [-0.15, -0.1) is 0 Å². The van der Waals surface area contributed by atoms with Gasteiger partial charge in [-0.05, 0) is 42.5 Å². The average molecular weight is 461 g/mol. The van der Waals surface area contributed by atoms with Gasteiger partial charge in [-0.25, -0.2) is 9.18 Å². The van der Waals surface area contributed by atoms with Crippen LogP contribution in [0.1, 0.15) is 30.9 Å². The van der Waals surface area contributed by atoms with Crippen LogP contribution in [0.25, 0.3) is 0 Å². The highest BCUT2D eigenvalue weighted by molar-refractivity contribution is 9.10. The molecule has 1 aliphatic heterocycles. The van der Waals surface area contributed by atoms with E-state index in [9.17, 15) is 18.8 Å². The Morgan fingerprint density at radius 1 is 1.17 bits per heavy atom. The first kappa shape index (κ1) is 21.2. The van der Waals surface area contributed by atoms with Gasteiger partial charge in [0.05, 0.1) is 6.54 Å². The molecule has 1 unspecified atom stereocenters. The molecule has 1 saturated heterocycles. The number of hydrogen-bond acceptors (Lipinski definition) is 3. The van der Waals surface area contributed by atoms with Gasteiger partial charge in [-0.2, -0.15) is 0 Å². The molecule has 3 rings (SSSR count). The van der Waals surface area contributed by atoms with E-state index in [-0.39, 0.29) is 18.5 Å². The predicted octanol–water partition coefficient (Wildman–Crippen LogP) is 4.03. The van der Waals surface area contributed by atoms with Gasteiger partial charge in [0.15, 0.2) is 5.78 Å². The van der Waals surface area contributed by atoms with Gasteiger partial charge in [-0.3, -0.25) is 14.5 Å². The first-order valence-electron chi connectivity index (χ1n) is 9.48. The molecule has 3 amide bonds. The summed E-state index contributed by atoms with van der Waals surface area (Å²) >= 11 is 3.17. The fourth-order valence-corrected chi connectivity index (χ4v) is 3.85. The molecular weight excluding hydrogens is 439 g/mol. The van der Waals surface area contributed by atoms with Gasteiger partial charge in [0.2, 0.25) is 0 Å². The van der Waals surface area contributed by atoms with Crippen molar-refractivity contribution in [3.05, 3.63) is 69.9 Å². The number of nitrogens with zero attached hydrogens (tertiary/aromatic N) is 1. The molecule has 0 bridgehead atoms. The van der Waals surface area contributed by atoms with Gasteiger partial charge in [-0.1, -0.05) is 59.3 Å². The fraction of sp³-hybridized carbons (Fsp3) is 0.318. The summed E-state index contributed by atoms with van der Waals surface area (Å²) in [5.41, 5.74) is 0.287. The molecule has 152 valence electrons. The second-order valence-corrected chi connectivity index (χ2v) is 8.11. The number of amides is 3. The number of urea groups is 1. The number of ketones is 1. The SMILES string of the molecule is CCC1(CCc2ccccc2)NC(=O)N(CC(=O)Cc2ccc(Br)cc2F)C1=O. The van der Waals surface area contributed by atoms with Crippen LogP contribution in [-0.2, 0) is 22.4 Å². The zero-order chi connectivity index (χ0) is 21.0. The zero-order valence-corrected chi connectivity index (χ0v) is 17.7. The van der Waals surface area contributed by atoms with E-state index in [2.05, 4.69) is 21.2 Å². The van der Waals surface area contributed by atoms with Crippen LogP contribution in [0.2, 0.25) is 0 Å². The van der Waals surface area contributed by atoms with Gasteiger partial charge in [0.1, 0.15) is 11.4 Å². The number of nitrogens with one attached hydrogen (secondary N) is 1. The van der Waals surface area contributed by atoms with Crippen molar-refractivity contribution < 1.29 is 18.8 Å². The predicted molar refractivity (Wildman–Crippen MR) is 111 cm³/mol. The van der Waals surface area contributed by atoms with Gasteiger partial charge >= 0.3 is 6.03 Å². The molecule has 1 N–H and O–H groups in total. The third-order valence-electron chi connectivity index (χ3n) is 5.27. The van der Waals surface area contributed by atoms with Crippen molar-refractivity contribution in [3.63, 3.8) is 0 Å². The van der Waals surface area contributed by atoms with E-state index in [4.69, 9.17) is 0 Å². The minimum absolute atomic E-state index is 0.181. The lowest BCUT2D eigenvalue weighted by Gasteiger charge is -2.25. The summed E-state index contributed by atoms with van der Waals surface area (Å²) in [4.78, 5) is 38.8. The number of rotatable bonds is 8. The van der Waals surface area contributed by atoms with E-state index in [0.29, 0.717) is 23.7 Å². The highest BCUT2D eigenvalue weighted by Gasteiger charge is 2.49. The second kappa shape index (κ2) is 8.86. The van der Waals surface area contributed by atoms with Gasteiger partial charge in [0.25, 0.3) is 5.91 Å². The lowest BCUT2D eigenvalue weighted by molar-refractivity contribution is -0.134. The third-order valence-corrected chi connectivity index (χ3v) is 5.76. The Balaban J connectivity index is 1.67. The molecule has 0 spiro atoms. The van der Waals surface area contributed by atoms with E-state index in [1.54, 1.807) is 6.07 Å². The van der Waals surface area contributed by atoms with Crippen molar-refractivity contribution in [1.82, 2.24) is 10.2 Å². The Morgan fingerprint density at radius 2 is 1.90 bits per heavy atom. The number of carbonyl (C=O) groups is 3. The zero-order valence-electron chi connectivity index (χ0n) is 16.1. The number of benzene rings is 2. The monoisotopic (exact) mass is 460 g/mol. The van der Waals surface area contributed by atoms with Crippen LogP contribution in [0.4, 0.5) is 9.18 Å². The lowest BCUT2D eigenvalue weighted by atomic mass is 9.88. The first-order chi connectivity index (χ1) is 13.8. The van der Waals surface area contributed by atoms with Crippen LogP contribution in [0.3, 0.4) is 0 Å². The minimum Gasteiger partial charge on any atom is -0.323 e. The van der Waals surface area contributed by atoms with Crippen molar-refractivity contribution in [2.24, 2.45) is 0 Å². The molecule has 1 atom stereocenters. The Morgan fingerprint density at radius 3 is 2.55 bits per heavy atom. The van der Waals surface area contributed by atoms with Crippen LogP contribution >= 0.6 is 15.9 Å². The molecule has 1 aliphatic rings. The second-order valence-electron chi connectivity index (χ2n) is 7.19. The molecule has 5 nitrogen and oxygen atoms in total. The molecule has 2 aromatic rings. The lowest BCUT2D eigenvalue weighted by Crippen LogP contribution is -2.47. The van der Waals surface area contributed by atoms with Crippen LogP contribution in [-0.4, -0.2) is 34.7 Å². The van der Waals surface area contributed by atoms with E-state index in [1.165, 1.54) is 12.1 Å². The minimum atomic E-state index is -1.02.